The molecule has 0 spiro atoms. The summed E-state index contributed by atoms with van der Waals surface area (Å²) in [4.78, 5) is 17.8. The second kappa shape index (κ2) is 8.71. The molecule has 2 heterocycles. The van der Waals surface area contributed by atoms with Crippen LogP contribution in [0.25, 0.3) is 0 Å². The summed E-state index contributed by atoms with van der Waals surface area (Å²) in [6, 6.07) is 0. The number of halogens is 1. The molecule has 0 saturated carbocycles. The van der Waals surface area contributed by atoms with Gasteiger partial charge in [0.25, 0.3) is 0 Å². The molecular formula is C15H26ClN3OS. The molecule has 2 N–H and O–H groups in total. The Morgan fingerprint density at radius 1 is 1.48 bits per heavy atom. The largest absolute Gasteiger partial charge is 0.317 e. The minimum atomic E-state index is 0. The molecule has 120 valence electrons. The highest BCUT2D eigenvalue weighted by Gasteiger charge is 2.22. The van der Waals surface area contributed by atoms with Crippen molar-refractivity contribution < 1.29 is 4.79 Å². The third-order valence-electron chi connectivity index (χ3n) is 4.17. The lowest BCUT2D eigenvalue weighted by Crippen LogP contribution is -2.32. The number of nitrogens with one attached hydrogen (secondary N) is 2. The summed E-state index contributed by atoms with van der Waals surface area (Å²) in [5, 5.41) is 7.08. The molecule has 1 aliphatic rings. The van der Waals surface area contributed by atoms with Gasteiger partial charge in [-0.3, -0.25) is 4.79 Å². The summed E-state index contributed by atoms with van der Waals surface area (Å²) in [7, 11) is 0. The van der Waals surface area contributed by atoms with Crippen LogP contribution >= 0.6 is 23.7 Å². The van der Waals surface area contributed by atoms with Crippen molar-refractivity contribution in [3.8, 4) is 0 Å². The van der Waals surface area contributed by atoms with Gasteiger partial charge in [-0.1, -0.05) is 13.8 Å². The average Bonchev–Trinajstić information content (AvgIpc) is 2.79. The molecule has 0 bridgehead atoms. The van der Waals surface area contributed by atoms with Crippen molar-refractivity contribution in [2.24, 2.45) is 11.8 Å². The van der Waals surface area contributed by atoms with Crippen molar-refractivity contribution >= 4 is 34.8 Å². The molecule has 2 rings (SSSR count). The smallest absolute Gasteiger partial charge is 0.226 e. The molecule has 1 atom stereocenters. The van der Waals surface area contributed by atoms with Gasteiger partial charge in [0.1, 0.15) is 0 Å². The van der Waals surface area contributed by atoms with Gasteiger partial charge in [0.2, 0.25) is 5.91 Å². The van der Waals surface area contributed by atoms with E-state index in [0.717, 1.165) is 30.3 Å². The number of hydrogen-bond donors (Lipinski definition) is 2. The lowest BCUT2D eigenvalue weighted by Gasteiger charge is -2.27. The third-order valence-corrected chi connectivity index (χ3v) is 5.10. The molecule has 21 heavy (non-hydrogen) atoms. The minimum Gasteiger partial charge on any atom is -0.317 e. The van der Waals surface area contributed by atoms with E-state index in [1.807, 2.05) is 0 Å². The summed E-state index contributed by atoms with van der Waals surface area (Å²) in [6.45, 7) is 8.51. The Morgan fingerprint density at radius 2 is 2.14 bits per heavy atom. The Hall–Kier alpha value is -0.650. The van der Waals surface area contributed by atoms with E-state index in [4.69, 9.17) is 0 Å². The van der Waals surface area contributed by atoms with Gasteiger partial charge in [0.05, 0.1) is 5.69 Å². The molecular weight excluding hydrogens is 306 g/mol. The molecule has 1 amide bonds. The number of rotatable bonds is 5. The number of hydrogen-bond acceptors (Lipinski definition) is 4. The SMILES string of the molecule is CCc1nc(NC(=O)CC(C)C2CCNCC2)sc1C.Cl. The number of aryl methyl sites for hydroxylation is 2. The molecule has 1 aliphatic heterocycles. The number of amides is 1. The van der Waals surface area contributed by atoms with E-state index in [9.17, 15) is 4.79 Å². The zero-order valence-electron chi connectivity index (χ0n) is 13.1. The van der Waals surface area contributed by atoms with Crippen LogP contribution in [-0.4, -0.2) is 24.0 Å². The second-order valence-corrected chi connectivity index (χ2v) is 6.90. The number of aromatic nitrogens is 1. The Morgan fingerprint density at radius 3 is 2.71 bits per heavy atom. The molecule has 4 nitrogen and oxygen atoms in total. The zero-order chi connectivity index (χ0) is 14.5. The van der Waals surface area contributed by atoms with Gasteiger partial charge >= 0.3 is 0 Å². The molecule has 1 aromatic heterocycles. The second-order valence-electron chi connectivity index (χ2n) is 5.69. The third kappa shape index (κ3) is 5.24. The van der Waals surface area contributed by atoms with Crippen LogP contribution < -0.4 is 10.6 Å². The Kier molecular flexibility index (Phi) is 7.63. The van der Waals surface area contributed by atoms with Crippen molar-refractivity contribution in [2.75, 3.05) is 18.4 Å². The van der Waals surface area contributed by atoms with Gasteiger partial charge in [-0.05, 0) is 51.1 Å². The number of piperidine rings is 1. The molecule has 6 heteroatoms. The zero-order valence-corrected chi connectivity index (χ0v) is 14.7. The first kappa shape index (κ1) is 18.4. The molecule has 1 unspecified atom stereocenters. The number of nitrogens with zero attached hydrogens (tertiary/aromatic N) is 1. The molecule has 1 aromatic rings. The van der Waals surface area contributed by atoms with Gasteiger partial charge in [0.15, 0.2) is 5.13 Å². The summed E-state index contributed by atoms with van der Waals surface area (Å²) in [5.41, 5.74) is 1.09. The van der Waals surface area contributed by atoms with Crippen molar-refractivity contribution in [3.63, 3.8) is 0 Å². The van der Waals surface area contributed by atoms with E-state index in [2.05, 4.69) is 36.4 Å². The molecule has 1 saturated heterocycles. The van der Waals surface area contributed by atoms with E-state index in [-0.39, 0.29) is 18.3 Å². The van der Waals surface area contributed by atoms with Crippen molar-refractivity contribution in [2.45, 2.75) is 46.5 Å². The first-order valence-corrected chi connectivity index (χ1v) is 8.38. The summed E-state index contributed by atoms with van der Waals surface area (Å²) < 4.78 is 0. The van der Waals surface area contributed by atoms with E-state index in [1.54, 1.807) is 11.3 Å². The topological polar surface area (TPSA) is 54.0 Å². The highest BCUT2D eigenvalue weighted by Crippen LogP contribution is 2.26. The predicted molar refractivity (Wildman–Crippen MR) is 91.5 cm³/mol. The number of carbonyl (C=O) groups is 1. The van der Waals surface area contributed by atoms with E-state index >= 15 is 0 Å². The van der Waals surface area contributed by atoms with Crippen LogP contribution in [0.4, 0.5) is 5.13 Å². The number of anilines is 1. The van der Waals surface area contributed by atoms with E-state index in [0.29, 0.717) is 18.3 Å². The maximum absolute atomic E-state index is 12.1. The van der Waals surface area contributed by atoms with Crippen LogP contribution in [0.15, 0.2) is 0 Å². The Balaban J connectivity index is 0.00000220. The summed E-state index contributed by atoms with van der Waals surface area (Å²) in [6.07, 6.45) is 3.89. The number of thiazole rings is 1. The van der Waals surface area contributed by atoms with Crippen LogP contribution in [0.5, 0.6) is 0 Å². The predicted octanol–water partition coefficient (Wildman–Crippen LogP) is 3.40. The number of carbonyl (C=O) groups excluding carboxylic acids is 1. The highest BCUT2D eigenvalue weighted by atomic mass is 35.5. The highest BCUT2D eigenvalue weighted by molar-refractivity contribution is 7.15. The first-order valence-electron chi connectivity index (χ1n) is 7.57. The van der Waals surface area contributed by atoms with Crippen LogP contribution in [-0.2, 0) is 11.2 Å². The fourth-order valence-corrected chi connectivity index (χ4v) is 3.77. The van der Waals surface area contributed by atoms with Gasteiger partial charge < -0.3 is 10.6 Å². The average molecular weight is 332 g/mol. The molecule has 0 aromatic carbocycles. The summed E-state index contributed by atoms with van der Waals surface area (Å²) >= 11 is 1.58. The van der Waals surface area contributed by atoms with Crippen LogP contribution in [0, 0.1) is 18.8 Å². The van der Waals surface area contributed by atoms with Crippen molar-refractivity contribution in [1.29, 1.82) is 0 Å². The van der Waals surface area contributed by atoms with Gasteiger partial charge in [-0.15, -0.1) is 23.7 Å². The fourth-order valence-electron chi connectivity index (χ4n) is 2.85. The summed E-state index contributed by atoms with van der Waals surface area (Å²) in [5.74, 6) is 1.22. The standard InChI is InChI=1S/C15H25N3OS.ClH/c1-4-13-11(3)20-15(17-13)18-14(19)9-10(2)12-5-7-16-8-6-12;/h10,12,16H,4-9H2,1-3H3,(H,17,18,19);1H. The first-order chi connectivity index (χ1) is 9.60. The molecule has 1 fully saturated rings. The monoisotopic (exact) mass is 331 g/mol. The van der Waals surface area contributed by atoms with Gasteiger partial charge in [0, 0.05) is 11.3 Å². The van der Waals surface area contributed by atoms with Crippen LogP contribution in [0.2, 0.25) is 0 Å². The lowest BCUT2D eigenvalue weighted by atomic mass is 9.84. The normalized spacial score (nSPS) is 17.1. The maximum atomic E-state index is 12.1. The van der Waals surface area contributed by atoms with Gasteiger partial charge in [-0.2, -0.15) is 0 Å². The Bertz CT molecular complexity index is 458. The van der Waals surface area contributed by atoms with Crippen LogP contribution in [0.1, 0.15) is 43.7 Å². The molecule has 0 radical (unpaired) electrons. The van der Waals surface area contributed by atoms with Gasteiger partial charge in [-0.25, -0.2) is 4.98 Å². The van der Waals surface area contributed by atoms with Crippen LogP contribution in [0.3, 0.4) is 0 Å². The maximum Gasteiger partial charge on any atom is 0.226 e. The fraction of sp³-hybridized carbons (Fsp3) is 0.733. The van der Waals surface area contributed by atoms with E-state index in [1.165, 1.54) is 17.7 Å². The quantitative estimate of drug-likeness (QED) is 0.869. The Labute approximate surface area is 137 Å². The van der Waals surface area contributed by atoms with Crippen molar-refractivity contribution in [1.82, 2.24) is 10.3 Å². The minimum absolute atomic E-state index is 0. The molecule has 0 aliphatic carbocycles. The van der Waals surface area contributed by atoms with Crippen molar-refractivity contribution in [3.05, 3.63) is 10.6 Å². The lowest BCUT2D eigenvalue weighted by molar-refractivity contribution is -0.117. The van der Waals surface area contributed by atoms with E-state index < -0.39 is 0 Å².